The molecule has 6 nitrogen and oxygen atoms in total. The Bertz CT molecular complexity index is 359. The van der Waals surface area contributed by atoms with Crippen molar-refractivity contribution < 1.29 is 28.8 Å². The highest BCUT2D eigenvalue weighted by Crippen LogP contribution is 2.37. The summed E-state index contributed by atoms with van der Waals surface area (Å²) in [6.45, 7) is 8.82. The van der Waals surface area contributed by atoms with Gasteiger partial charge in [-0.2, -0.15) is 0 Å². The number of esters is 1. The van der Waals surface area contributed by atoms with Gasteiger partial charge in [0.2, 0.25) is 0 Å². The first kappa shape index (κ1) is 14.7. The zero-order chi connectivity index (χ0) is 14.4. The lowest BCUT2D eigenvalue weighted by Crippen LogP contribution is -2.38. The van der Waals surface area contributed by atoms with Gasteiger partial charge in [0.1, 0.15) is 24.9 Å². The van der Waals surface area contributed by atoms with Crippen LogP contribution in [0.25, 0.3) is 0 Å². The van der Waals surface area contributed by atoms with E-state index in [0.717, 1.165) is 0 Å². The van der Waals surface area contributed by atoms with E-state index in [0.29, 0.717) is 0 Å². The van der Waals surface area contributed by atoms with Gasteiger partial charge in [0.15, 0.2) is 12.1 Å². The van der Waals surface area contributed by atoms with Crippen LogP contribution in [0.3, 0.4) is 0 Å². The molecule has 2 heterocycles. The number of fused-ring (bicyclic) bond motifs is 1. The number of aliphatic hydroxyl groups is 1. The quantitative estimate of drug-likeness (QED) is 0.751. The zero-order valence-corrected chi connectivity index (χ0v) is 12.0. The van der Waals surface area contributed by atoms with E-state index < -0.39 is 35.8 Å². The summed E-state index contributed by atoms with van der Waals surface area (Å²) in [7, 11) is 0. The fourth-order valence-electron chi connectivity index (χ4n) is 2.07. The molecular weight excluding hydrogens is 252 g/mol. The number of hydrogen-bond donors (Lipinski definition) is 1. The molecule has 0 unspecified atom stereocenters. The molecule has 2 saturated heterocycles. The van der Waals surface area contributed by atoms with Crippen LogP contribution in [-0.2, 0) is 23.7 Å². The summed E-state index contributed by atoms with van der Waals surface area (Å²) in [6.07, 6.45) is -2.62. The molecule has 0 spiro atoms. The summed E-state index contributed by atoms with van der Waals surface area (Å²) in [6, 6.07) is 0. The van der Waals surface area contributed by atoms with Gasteiger partial charge in [0.25, 0.3) is 0 Å². The third-order valence-electron chi connectivity index (χ3n) is 3.11. The van der Waals surface area contributed by atoms with E-state index in [1.165, 1.54) is 0 Å². The van der Waals surface area contributed by atoms with Crippen LogP contribution in [-0.4, -0.2) is 48.1 Å². The van der Waals surface area contributed by atoms with Crippen LogP contribution in [0.2, 0.25) is 0 Å². The van der Waals surface area contributed by atoms with Crippen LogP contribution in [0.5, 0.6) is 0 Å². The van der Waals surface area contributed by atoms with E-state index in [1.54, 1.807) is 34.6 Å². The Hall–Kier alpha value is -0.690. The van der Waals surface area contributed by atoms with Gasteiger partial charge in [-0.1, -0.05) is 0 Å². The molecule has 0 aromatic heterocycles. The van der Waals surface area contributed by atoms with Crippen LogP contribution < -0.4 is 0 Å². The highest BCUT2D eigenvalue weighted by molar-refractivity contribution is 5.75. The first-order valence-electron chi connectivity index (χ1n) is 6.46. The van der Waals surface area contributed by atoms with E-state index in [9.17, 15) is 9.90 Å². The Labute approximate surface area is 113 Å². The maximum absolute atomic E-state index is 11.7. The van der Waals surface area contributed by atoms with Gasteiger partial charge in [-0.3, -0.25) is 4.79 Å². The molecule has 19 heavy (non-hydrogen) atoms. The van der Waals surface area contributed by atoms with Gasteiger partial charge in [-0.25, -0.2) is 0 Å². The minimum atomic E-state index is -0.862. The average molecular weight is 274 g/mol. The van der Waals surface area contributed by atoms with E-state index in [1.807, 2.05) is 0 Å². The SMILES string of the molecule is CC1(C)O[C@H]2O[C@H](COC(=O)C(C)(C)C)[C@H](O)[C@H]2O1. The second-order valence-corrected chi connectivity index (χ2v) is 6.48. The zero-order valence-electron chi connectivity index (χ0n) is 12.0. The fourth-order valence-corrected chi connectivity index (χ4v) is 2.07. The van der Waals surface area contributed by atoms with Crippen molar-refractivity contribution in [2.45, 2.75) is 65.0 Å². The van der Waals surface area contributed by atoms with E-state index in [-0.39, 0.29) is 12.6 Å². The van der Waals surface area contributed by atoms with Gasteiger partial charge in [-0.05, 0) is 34.6 Å². The largest absolute Gasteiger partial charge is 0.462 e. The first-order valence-corrected chi connectivity index (χ1v) is 6.46. The van der Waals surface area contributed by atoms with Crippen molar-refractivity contribution in [3.05, 3.63) is 0 Å². The molecule has 1 N–H and O–H groups in total. The molecule has 6 heteroatoms. The normalized spacial score (nSPS) is 37.2. The summed E-state index contributed by atoms with van der Waals surface area (Å²) in [5, 5.41) is 10.1. The van der Waals surface area contributed by atoms with E-state index >= 15 is 0 Å². The van der Waals surface area contributed by atoms with Crippen molar-refractivity contribution in [3.8, 4) is 0 Å². The topological polar surface area (TPSA) is 74.2 Å². The minimum Gasteiger partial charge on any atom is -0.462 e. The molecule has 0 saturated carbocycles. The average Bonchev–Trinajstić information content (AvgIpc) is 2.69. The summed E-state index contributed by atoms with van der Waals surface area (Å²) in [5.41, 5.74) is -0.575. The molecule has 0 aromatic rings. The number of ether oxygens (including phenoxy) is 4. The smallest absolute Gasteiger partial charge is 0.311 e. The molecule has 2 aliphatic heterocycles. The molecule has 0 bridgehead atoms. The van der Waals surface area contributed by atoms with Crippen molar-refractivity contribution in [3.63, 3.8) is 0 Å². The molecule has 2 rings (SSSR count). The summed E-state index contributed by atoms with van der Waals surface area (Å²) >= 11 is 0. The lowest BCUT2D eigenvalue weighted by Gasteiger charge is -2.24. The Kier molecular flexibility index (Phi) is 3.64. The van der Waals surface area contributed by atoms with Crippen molar-refractivity contribution in [2.75, 3.05) is 6.61 Å². The van der Waals surface area contributed by atoms with E-state index in [4.69, 9.17) is 18.9 Å². The van der Waals surface area contributed by atoms with Crippen molar-refractivity contribution >= 4 is 5.97 Å². The Morgan fingerprint density at radius 3 is 2.47 bits per heavy atom. The van der Waals surface area contributed by atoms with Crippen LogP contribution in [0, 0.1) is 5.41 Å². The molecule has 0 aromatic carbocycles. The summed E-state index contributed by atoms with van der Waals surface area (Å²) in [4.78, 5) is 11.7. The van der Waals surface area contributed by atoms with Gasteiger partial charge in [0, 0.05) is 0 Å². The maximum Gasteiger partial charge on any atom is 0.311 e. The molecule has 0 radical (unpaired) electrons. The summed E-state index contributed by atoms with van der Waals surface area (Å²) in [5.74, 6) is -1.09. The molecule has 2 aliphatic rings. The first-order chi connectivity index (χ1) is 8.60. The Morgan fingerprint density at radius 2 is 1.95 bits per heavy atom. The lowest BCUT2D eigenvalue weighted by atomic mass is 9.97. The minimum absolute atomic E-state index is 0.00256. The molecule has 0 amide bonds. The molecule has 110 valence electrons. The summed E-state index contributed by atoms with van der Waals surface area (Å²) < 4.78 is 21.7. The predicted molar refractivity (Wildman–Crippen MR) is 65.1 cm³/mol. The standard InChI is InChI=1S/C13H22O6/c1-12(2,3)11(15)16-6-7-8(14)9-10(17-7)19-13(4,5)18-9/h7-10,14H,6H2,1-5H3/t7-,8+,9-,10-/m1/s1. The van der Waals surface area contributed by atoms with Crippen molar-refractivity contribution in [1.82, 2.24) is 0 Å². The second kappa shape index (κ2) is 4.70. The maximum atomic E-state index is 11.7. The Balaban J connectivity index is 1.87. The van der Waals surface area contributed by atoms with Gasteiger partial charge < -0.3 is 24.1 Å². The van der Waals surface area contributed by atoms with Crippen molar-refractivity contribution in [2.24, 2.45) is 5.41 Å². The highest BCUT2D eigenvalue weighted by Gasteiger charge is 2.54. The number of rotatable bonds is 2. The fraction of sp³-hybridized carbons (Fsp3) is 0.923. The van der Waals surface area contributed by atoms with Crippen molar-refractivity contribution in [1.29, 1.82) is 0 Å². The highest BCUT2D eigenvalue weighted by atomic mass is 16.8. The predicted octanol–water partition coefficient (Wildman–Crippen LogP) is 0.813. The number of carbonyl (C=O) groups is 1. The number of hydrogen-bond acceptors (Lipinski definition) is 6. The van der Waals surface area contributed by atoms with Crippen LogP contribution in [0.1, 0.15) is 34.6 Å². The number of carbonyl (C=O) groups excluding carboxylic acids is 1. The van der Waals surface area contributed by atoms with Gasteiger partial charge in [-0.15, -0.1) is 0 Å². The second-order valence-electron chi connectivity index (χ2n) is 6.48. The third-order valence-corrected chi connectivity index (χ3v) is 3.11. The molecule has 4 atom stereocenters. The molecular formula is C13H22O6. The van der Waals surface area contributed by atoms with E-state index in [2.05, 4.69) is 0 Å². The lowest BCUT2D eigenvalue weighted by molar-refractivity contribution is -0.221. The van der Waals surface area contributed by atoms with Crippen LogP contribution in [0.4, 0.5) is 0 Å². The number of aliphatic hydroxyl groups excluding tert-OH is 1. The molecule has 2 fully saturated rings. The van der Waals surface area contributed by atoms with Gasteiger partial charge >= 0.3 is 5.97 Å². The van der Waals surface area contributed by atoms with Gasteiger partial charge in [0.05, 0.1) is 5.41 Å². The van der Waals surface area contributed by atoms with Crippen LogP contribution >= 0.6 is 0 Å². The Morgan fingerprint density at radius 1 is 1.32 bits per heavy atom. The monoisotopic (exact) mass is 274 g/mol. The third kappa shape index (κ3) is 3.08. The molecule has 0 aliphatic carbocycles. The van der Waals surface area contributed by atoms with Crippen LogP contribution in [0.15, 0.2) is 0 Å².